The highest BCUT2D eigenvalue weighted by atomic mass is 79.9. The first kappa shape index (κ1) is 18.6. The van der Waals surface area contributed by atoms with Gasteiger partial charge < -0.3 is 20.9 Å². The van der Waals surface area contributed by atoms with Crippen LogP contribution in [0.1, 0.15) is 19.8 Å². The summed E-state index contributed by atoms with van der Waals surface area (Å²) in [6.45, 7) is 2.25. The quantitative estimate of drug-likeness (QED) is 0.358. The van der Waals surface area contributed by atoms with Crippen molar-refractivity contribution in [2.45, 2.75) is 30.7 Å². The zero-order valence-electron chi connectivity index (χ0n) is 12.2. The number of alkyl carbamates (subject to hydrolysis) is 1. The lowest BCUT2D eigenvalue weighted by molar-refractivity contribution is -0.138. The van der Waals surface area contributed by atoms with Crippen LogP contribution in [0.2, 0.25) is 0 Å². The number of halogens is 1. The molecule has 0 aliphatic carbocycles. The van der Waals surface area contributed by atoms with Crippen molar-refractivity contribution in [1.82, 2.24) is 5.32 Å². The topological polar surface area (TPSA) is 102 Å². The second-order valence-electron chi connectivity index (χ2n) is 4.52. The number of unbranched alkanes of at least 4 members (excludes halogenated alkanes) is 1. The molecule has 0 unspecified atom stereocenters. The first-order valence-electron chi connectivity index (χ1n) is 6.78. The third-order valence-electron chi connectivity index (χ3n) is 2.70. The van der Waals surface area contributed by atoms with Crippen molar-refractivity contribution in [1.29, 1.82) is 0 Å². The lowest BCUT2D eigenvalue weighted by atomic mass is 10.3. The maximum Gasteiger partial charge on any atom is 0.407 e. The van der Waals surface area contributed by atoms with Gasteiger partial charge in [0, 0.05) is 20.8 Å². The molecule has 1 aromatic rings. The normalized spacial score (nSPS) is 11.7. The van der Waals surface area contributed by atoms with Crippen LogP contribution in [0.25, 0.3) is 0 Å². The van der Waals surface area contributed by atoms with Crippen LogP contribution in [0.4, 0.5) is 10.5 Å². The SMILES string of the molecule is CCCCOC(=O)N[C@@H](CSc1ccc(Br)cc1N)C(=O)O. The number of rotatable bonds is 8. The number of ether oxygens (including phenoxy) is 1. The van der Waals surface area contributed by atoms with Crippen molar-refractivity contribution in [2.24, 2.45) is 0 Å². The molecular formula is C14H19BrN2O4S. The van der Waals surface area contributed by atoms with E-state index < -0.39 is 18.1 Å². The number of nitrogens with one attached hydrogen (secondary N) is 1. The lowest BCUT2D eigenvalue weighted by Crippen LogP contribution is -2.42. The van der Waals surface area contributed by atoms with E-state index in [1.54, 1.807) is 12.1 Å². The first-order valence-corrected chi connectivity index (χ1v) is 8.55. The molecule has 0 spiro atoms. The number of carboxylic acids is 1. The molecule has 0 saturated carbocycles. The van der Waals surface area contributed by atoms with E-state index in [2.05, 4.69) is 21.2 Å². The highest BCUT2D eigenvalue weighted by molar-refractivity contribution is 9.10. The molecule has 0 aliphatic rings. The Hall–Kier alpha value is -1.41. The third kappa shape index (κ3) is 6.57. The number of amides is 1. The molecule has 0 aliphatic heterocycles. The molecule has 0 radical (unpaired) electrons. The Morgan fingerprint density at radius 3 is 2.82 bits per heavy atom. The van der Waals surface area contributed by atoms with Crippen LogP contribution < -0.4 is 11.1 Å². The van der Waals surface area contributed by atoms with E-state index in [-0.39, 0.29) is 12.4 Å². The van der Waals surface area contributed by atoms with Crippen LogP contribution in [0, 0.1) is 0 Å². The monoisotopic (exact) mass is 390 g/mol. The Morgan fingerprint density at radius 1 is 1.50 bits per heavy atom. The van der Waals surface area contributed by atoms with E-state index in [9.17, 15) is 9.59 Å². The first-order chi connectivity index (χ1) is 10.4. The van der Waals surface area contributed by atoms with Gasteiger partial charge in [0.2, 0.25) is 0 Å². The number of carbonyl (C=O) groups excluding carboxylic acids is 1. The molecule has 0 saturated heterocycles. The number of anilines is 1. The molecule has 122 valence electrons. The average molecular weight is 391 g/mol. The summed E-state index contributed by atoms with van der Waals surface area (Å²) >= 11 is 4.57. The lowest BCUT2D eigenvalue weighted by Gasteiger charge is -2.15. The zero-order chi connectivity index (χ0) is 16.5. The Bertz CT molecular complexity index is 528. The molecule has 0 fully saturated rings. The zero-order valence-corrected chi connectivity index (χ0v) is 14.6. The minimum absolute atomic E-state index is 0.157. The Kier molecular flexibility index (Phi) is 8.11. The van der Waals surface area contributed by atoms with Crippen LogP contribution in [-0.4, -0.2) is 35.6 Å². The maximum absolute atomic E-state index is 11.5. The number of carboxylic acid groups (broad SMARTS) is 1. The van der Waals surface area contributed by atoms with Crippen molar-refractivity contribution in [2.75, 3.05) is 18.1 Å². The van der Waals surface area contributed by atoms with Crippen LogP contribution in [-0.2, 0) is 9.53 Å². The fourth-order valence-corrected chi connectivity index (χ4v) is 2.83. The number of aliphatic carboxylic acids is 1. The minimum atomic E-state index is -1.12. The number of thioether (sulfide) groups is 1. The van der Waals surface area contributed by atoms with E-state index in [0.29, 0.717) is 5.69 Å². The summed E-state index contributed by atoms with van der Waals surface area (Å²) in [5.41, 5.74) is 6.41. The number of benzene rings is 1. The molecule has 0 bridgehead atoms. The van der Waals surface area contributed by atoms with Crippen molar-refractivity contribution in [3.05, 3.63) is 22.7 Å². The van der Waals surface area contributed by atoms with Gasteiger partial charge in [-0.15, -0.1) is 11.8 Å². The fraction of sp³-hybridized carbons (Fsp3) is 0.429. The summed E-state index contributed by atoms with van der Waals surface area (Å²) in [5, 5.41) is 11.5. The molecule has 22 heavy (non-hydrogen) atoms. The molecule has 1 atom stereocenters. The predicted octanol–water partition coefficient (Wildman–Crippen LogP) is 3.10. The molecule has 1 rings (SSSR count). The van der Waals surface area contributed by atoms with Crippen LogP contribution in [0.5, 0.6) is 0 Å². The fourth-order valence-electron chi connectivity index (χ4n) is 1.49. The van der Waals surface area contributed by atoms with E-state index in [1.165, 1.54) is 11.8 Å². The summed E-state index contributed by atoms with van der Waals surface area (Å²) < 4.78 is 5.75. The van der Waals surface area contributed by atoms with Gasteiger partial charge in [-0.25, -0.2) is 9.59 Å². The van der Waals surface area contributed by atoms with Gasteiger partial charge in [0.1, 0.15) is 6.04 Å². The summed E-state index contributed by atoms with van der Waals surface area (Å²) in [5.74, 6) is -0.958. The molecular weight excluding hydrogens is 372 g/mol. The average Bonchev–Trinajstić information content (AvgIpc) is 2.45. The molecule has 8 heteroatoms. The highest BCUT2D eigenvalue weighted by Crippen LogP contribution is 2.28. The summed E-state index contributed by atoms with van der Waals surface area (Å²) in [6.07, 6.45) is 0.925. The molecule has 0 heterocycles. The van der Waals surface area contributed by atoms with E-state index in [4.69, 9.17) is 15.6 Å². The van der Waals surface area contributed by atoms with Gasteiger partial charge in [0.05, 0.1) is 6.61 Å². The number of hydrogen-bond donors (Lipinski definition) is 3. The summed E-state index contributed by atoms with van der Waals surface area (Å²) in [7, 11) is 0. The Labute approximate surface area is 141 Å². The second kappa shape index (κ2) is 9.58. The van der Waals surface area contributed by atoms with E-state index in [1.807, 2.05) is 13.0 Å². The van der Waals surface area contributed by atoms with Crippen LogP contribution >= 0.6 is 27.7 Å². The Morgan fingerprint density at radius 2 is 2.23 bits per heavy atom. The van der Waals surface area contributed by atoms with Crippen LogP contribution in [0.15, 0.2) is 27.6 Å². The number of nitrogens with two attached hydrogens (primary N) is 1. The van der Waals surface area contributed by atoms with Crippen molar-refractivity contribution >= 4 is 45.4 Å². The number of carbonyl (C=O) groups is 2. The van der Waals surface area contributed by atoms with Gasteiger partial charge in [-0.3, -0.25) is 0 Å². The van der Waals surface area contributed by atoms with Gasteiger partial charge in [0.25, 0.3) is 0 Å². The van der Waals surface area contributed by atoms with Gasteiger partial charge in [-0.05, 0) is 24.6 Å². The molecule has 1 amide bonds. The predicted molar refractivity (Wildman–Crippen MR) is 90.1 cm³/mol. The molecule has 6 nitrogen and oxygen atoms in total. The van der Waals surface area contributed by atoms with Crippen molar-refractivity contribution in [3.63, 3.8) is 0 Å². The van der Waals surface area contributed by atoms with Gasteiger partial charge in [0.15, 0.2) is 0 Å². The summed E-state index contributed by atoms with van der Waals surface area (Å²) in [4.78, 5) is 23.5. The smallest absolute Gasteiger partial charge is 0.407 e. The molecule has 4 N–H and O–H groups in total. The summed E-state index contributed by atoms with van der Waals surface area (Å²) in [6, 6.07) is 4.32. The number of hydrogen-bond acceptors (Lipinski definition) is 5. The van der Waals surface area contributed by atoms with Gasteiger partial charge >= 0.3 is 12.1 Å². The largest absolute Gasteiger partial charge is 0.480 e. The molecule has 1 aromatic carbocycles. The maximum atomic E-state index is 11.5. The van der Waals surface area contributed by atoms with Gasteiger partial charge in [-0.2, -0.15) is 0 Å². The van der Waals surface area contributed by atoms with Crippen LogP contribution in [0.3, 0.4) is 0 Å². The second-order valence-corrected chi connectivity index (χ2v) is 6.50. The van der Waals surface area contributed by atoms with Gasteiger partial charge in [-0.1, -0.05) is 29.3 Å². The molecule has 0 aromatic heterocycles. The highest BCUT2D eigenvalue weighted by Gasteiger charge is 2.21. The Balaban J connectivity index is 2.53. The van der Waals surface area contributed by atoms with E-state index >= 15 is 0 Å². The van der Waals surface area contributed by atoms with E-state index in [0.717, 1.165) is 22.2 Å². The standard InChI is InChI=1S/C14H19BrN2O4S/c1-2-3-6-21-14(20)17-11(13(18)19)8-22-12-5-4-9(15)7-10(12)16/h4-5,7,11H,2-3,6,8,16H2,1H3,(H,17,20)(H,18,19)/t11-/m0/s1. The third-order valence-corrected chi connectivity index (χ3v) is 4.37. The minimum Gasteiger partial charge on any atom is -0.480 e. The number of nitrogen functional groups attached to an aromatic ring is 1. The van der Waals surface area contributed by atoms with Crippen molar-refractivity contribution in [3.8, 4) is 0 Å². The van der Waals surface area contributed by atoms with Crippen molar-refractivity contribution < 1.29 is 19.4 Å².